The number of ether oxygens (including phenoxy) is 2. The number of pyridine rings is 1. The molecule has 3 aromatic rings. The predicted molar refractivity (Wildman–Crippen MR) is 123 cm³/mol. The molecule has 2 aliphatic heterocycles. The van der Waals surface area contributed by atoms with Crippen molar-refractivity contribution in [3.05, 3.63) is 41.0 Å². The highest BCUT2D eigenvalue weighted by atomic mass is 32.1. The van der Waals surface area contributed by atoms with Gasteiger partial charge in [-0.1, -0.05) is 6.07 Å². The van der Waals surface area contributed by atoms with Crippen LogP contribution in [0, 0.1) is 0 Å². The van der Waals surface area contributed by atoms with E-state index < -0.39 is 0 Å². The molecule has 166 valence electrons. The fourth-order valence-electron chi connectivity index (χ4n) is 3.59. The second kappa shape index (κ2) is 9.55. The van der Waals surface area contributed by atoms with Gasteiger partial charge in [0, 0.05) is 32.4 Å². The van der Waals surface area contributed by atoms with Gasteiger partial charge in [0.1, 0.15) is 5.69 Å². The van der Waals surface area contributed by atoms with E-state index in [9.17, 15) is 4.79 Å². The molecule has 2 saturated heterocycles. The van der Waals surface area contributed by atoms with Crippen LogP contribution in [0.2, 0.25) is 0 Å². The Morgan fingerprint density at radius 3 is 2.53 bits per heavy atom. The van der Waals surface area contributed by atoms with Crippen LogP contribution in [0.1, 0.15) is 15.4 Å². The lowest BCUT2D eigenvalue weighted by molar-refractivity contribution is 0.0950. The van der Waals surface area contributed by atoms with Crippen molar-refractivity contribution in [3.8, 4) is 0 Å². The largest absolute Gasteiger partial charge is 0.378 e. The number of aromatic nitrogens is 3. The molecule has 0 atom stereocenters. The van der Waals surface area contributed by atoms with Gasteiger partial charge < -0.3 is 19.3 Å². The summed E-state index contributed by atoms with van der Waals surface area (Å²) in [6.07, 6.45) is 3.20. The van der Waals surface area contributed by atoms with Crippen molar-refractivity contribution in [1.82, 2.24) is 20.4 Å². The third-order valence-electron chi connectivity index (χ3n) is 5.22. The van der Waals surface area contributed by atoms with Gasteiger partial charge in [0.15, 0.2) is 5.82 Å². The van der Waals surface area contributed by atoms with Gasteiger partial charge in [-0.15, -0.1) is 11.3 Å². The lowest BCUT2D eigenvalue weighted by atomic mass is 10.3. The molecule has 0 aromatic carbocycles. The van der Waals surface area contributed by atoms with Gasteiger partial charge in [-0.2, -0.15) is 10.1 Å². The summed E-state index contributed by atoms with van der Waals surface area (Å²) in [7, 11) is 0. The molecule has 0 bridgehead atoms. The number of carbonyl (C=O) groups excluding carboxylic acids is 1. The second-order valence-corrected chi connectivity index (χ2v) is 8.41. The lowest BCUT2D eigenvalue weighted by Crippen LogP contribution is -2.39. The average molecular weight is 454 g/mol. The Morgan fingerprint density at radius 1 is 1.06 bits per heavy atom. The fourth-order valence-corrected chi connectivity index (χ4v) is 4.57. The summed E-state index contributed by atoms with van der Waals surface area (Å²) in [6.45, 7) is 5.82. The number of amides is 1. The number of morpholine rings is 2. The number of nitrogens with one attached hydrogen (secondary N) is 1. The van der Waals surface area contributed by atoms with E-state index in [-0.39, 0.29) is 5.91 Å². The third-order valence-corrected chi connectivity index (χ3v) is 6.28. The van der Waals surface area contributed by atoms with Crippen LogP contribution in [0.25, 0.3) is 10.2 Å². The Kier molecular flexibility index (Phi) is 6.19. The Balaban J connectivity index is 1.42. The lowest BCUT2D eigenvalue weighted by Gasteiger charge is -2.30. The van der Waals surface area contributed by atoms with E-state index in [0.29, 0.717) is 38.1 Å². The number of thiophene rings is 1. The maximum Gasteiger partial charge on any atom is 0.289 e. The van der Waals surface area contributed by atoms with E-state index in [1.807, 2.05) is 6.07 Å². The van der Waals surface area contributed by atoms with Crippen LogP contribution in [-0.2, 0) is 9.47 Å². The molecule has 10 nitrogen and oxygen atoms in total. The second-order valence-electron chi connectivity index (χ2n) is 7.32. The molecule has 5 rings (SSSR count). The smallest absolute Gasteiger partial charge is 0.289 e. The van der Waals surface area contributed by atoms with Crippen molar-refractivity contribution in [3.63, 3.8) is 0 Å². The van der Waals surface area contributed by atoms with Gasteiger partial charge in [0.25, 0.3) is 5.91 Å². The monoisotopic (exact) mass is 453 g/mol. The number of hydrogen-bond donors (Lipinski definition) is 1. The molecule has 0 radical (unpaired) electrons. The first-order chi connectivity index (χ1) is 15.8. The Morgan fingerprint density at radius 2 is 1.81 bits per heavy atom. The zero-order chi connectivity index (χ0) is 21.8. The van der Waals surface area contributed by atoms with Crippen LogP contribution in [0.15, 0.2) is 35.6 Å². The highest BCUT2D eigenvalue weighted by Gasteiger charge is 2.22. The van der Waals surface area contributed by atoms with Gasteiger partial charge in [-0.05, 0) is 18.2 Å². The van der Waals surface area contributed by atoms with Gasteiger partial charge in [-0.25, -0.2) is 10.4 Å². The normalized spacial score (nSPS) is 17.2. The number of hydrogen-bond acceptors (Lipinski definition) is 10. The SMILES string of the molecule is O=C(NN=Cc1cc2nc(N3CCOCC3)nc(N3CCOCC3)c2s1)c1ccccn1. The van der Waals surface area contributed by atoms with Gasteiger partial charge in [0.05, 0.1) is 47.7 Å². The summed E-state index contributed by atoms with van der Waals surface area (Å²) >= 11 is 1.55. The molecule has 3 aromatic heterocycles. The summed E-state index contributed by atoms with van der Waals surface area (Å²) in [5, 5.41) is 4.10. The summed E-state index contributed by atoms with van der Waals surface area (Å²) in [4.78, 5) is 31.2. The zero-order valence-corrected chi connectivity index (χ0v) is 18.3. The molecule has 0 aliphatic carbocycles. The molecule has 0 saturated carbocycles. The fraction of sp³-hybridized carbons (Fsp3) is 0.381. The van der Waals surface area contributed by atoms with Crippen LogP contribution in [-0.4, -0.2) is 79.7 Å². The number of hydrazone groups is 1. The summed E-state index contributed by atoms with van der Waals surface area (Å²) in [6, 6.07) is 7.14. The molecule has 2 fully saturated rings. The van der Waals surface area contributed by atoms with E-state index in [2.05, 4.69) is 25.3 Å². The van der Waals surface area contributed by atoms with Crippen LogP contribution in [0.4, 0.5) is 11.8 Å². The highest BCUT2D eigenvalue weighted by molar-refractivity contribution is 7.21. The Bertz CT molecular complexity index is 1110. The molecular weight excluding hydrogens is 430 g/mol. The van der Waals surface area contributed by atoms with Crippen molar-refractivity contribution in [2.24, 2.45) is 5.10 Å². The molecule has 0 spiro atoms. The number of fused-ring (bicyclic) bond motifs is 1. The number of rotatable bonds is 5. The highest BCUT2D eigenvalue weighted by Crippen LogP contribution is 2.33. The summed E-state index contributed by atoms with van der Waals surface area (Å²) < 4.78 is 12.0. The predicted octanol–water partition coefficient (Wildman–Crippen LogP) is 1.52. The van der Waals surface area contributed by atoms with Gasteiger partial charge >= 0.3 is 0 Å². The first-order valence-electron chi connectivity index (χ1n) is 10.5. The summed E-state index contributed by atoms with van der Waals surface area (Å²) in [5.74, 6) is 1.28. The van der Waals surface area contributed by atoms with Crippen molar-refractivity contribution in [2.45, 2.75) is 0 Å². The average Bonchev–Trinajstić information content (AvgIpc) is 3.28. The van der Waals surface area contributed by atoms with Crippen LogP contribution >= 0.6 is 11.3 Å². The third kappa shape index (κ3) is 4.54. The maximum atomic E-state index is 12.1. The minimum absolute atomic E-state index is 0.316. The van der Waals surface area contributed by atoms with E-state index in [1.54, 1.807) is 41.9 Å². The number of nitrogens with zero attached hydrogens (tertiary/aromatic N) is 6. The Hall–Kier alpha value is -3.15. The van der Waals surface area contributed by atoms with Crippen molar-refractivity contribution in [1.29, 1.82) is 0 Å². The van der Waals surface area contributed by atoms with Crippen molar-refractivity contribution >= 4 is 45.4 Å². The van der Waals surface area contributed by atoms with Gasteiger partial charge in [0.2, 0.25) is 5.95 Å². The van der Waals surface area contributed by atoms with Crippen LogP contribution < -0.4 is 15.2 Å². The molecular formula is C21H23N7O3S. The Labute approximate surface area is 188 Å². The minimum Gasteiger partial charge on any atom is -0.378 e. The topological polar surface area (TPSA) is 105 Å². The molecule has 32 heavy (non-hydrogen) atoms. The minimum atomic E-state index is -0.355. The van der Waals surface area contributed by atoms with Crippen molar-refractivity contribution < 1.29 is 14.3 Å². The number of anilines is 2. The molecule has 5 heterocycles. The first-order valence-corrected chi connectivity index (χ1v) is 11.3. The van der Waals surface area contributed by atoms with E-state index in [0.717, 1.165) is 47.1 Å². The maximum absolute atomic E-state index is 12.1. The molecule has 1 amide bonds. The van der Waals surface area contributed by atoms with Crippen LogP contribution in [0.3, 0.4) is 0 Å². The quantitative estimate of drug-likeness (QED) is 0.458. The molecule has 0 unspecified atom stereocenters. The molecule has 1 N–H and O–H groups in total. The standard InChI is InChI=1S/C21H23N7O3S/c29-20(16-3-1-2-4-22-16)26-23-14-15-13-17-18(32-15)19(27-5-9-30-10-6-27)25-21(24-17)28-7-11-31-12-8-28/h1-4,13-14H,5-12H2,(H,26,29). The summed E-state index contributed by atoms with van der Waals surface area (Å²) in [5.41, 5.74) is 3.70. The van der Waals surface area contributed by atoms with E-state index in [4.69, 9.17) is 19.4 Å². The van der Waals surface area contributed by atoms with Crippen molar-refractivity contribution in [2.75, 3.05) is 62.4 Å². The van der Waals surface area contributed by atoms with E-state index >= 15 is 0 Å². The van der Waals surface area contributed by atoms with E-state index in [1.165, 1.54) is 0 Å². The molecule has 2 aliphatic rings. The first kappa shape index (κ1) is 20.7. The van der Waals surface area contributed by atoms with Gasteiger partial charge in [-0.3, -0.25) is 9.78 Å². The van der Waals surface area contributed by atoms with Crippen LogP contribution in [0.5, 0.6) is 0 Å². The zero-order valence-electron chi connectivity index (χ0n) is 17.4. The number of carbonyl (C=O) groups is 1. The molecule has 11 heteroatoms.